The molecule has 7 nitrogen and oxygen atoms in total. The van der Waals surface area contributed by atoms with Crippen molar-refractivity contribution in [2.24, 2.45) is 0 Å². The highest BCUT2D eigenvalue weighted by molar-refractivity contribution is 5.96. The average molecular weight is 412 g/mol. The third-order valence-electron chi connectivity index (χ3n) is 4.26. The van der Waals surface area contributed by atoms with E-state index >= 15 is 0 Å². The molecule has 2 amide bonds. The molecular formula is C23H29N3O4. The fraction of sp³-hybridized carbons (Fsp3) is 0.348. The largest absolute Gasteiger partial charge is 0.462 e. The molecule has 0 atom stereocenters. The Bertz CT molecular complexity index is 833. The molecule has 30 heavy (non-hydrogen) atoms. The molecule has 2 aromatic rings. The van der Waals surface area contributed by atoms with Crippen LogP contribution in [0.15, 0.2) is 48.5 Å². The van der Waals surface area contributed by atoms with E-state index in [9.17, 15) is 14.4 Å². The van der Waals surface area contributed by atoms with E-state index in [1.54, 1.807) is 48.5 Å². The molecule has 160 valence electrons. The summed E-state index contributed by atoms with van der Waals surface area (Å²) in [5, 5.41) is 8.63. The molecule has 2 rings (SSSR count). The molecule has 0 bridgehead atoms. The molecule has 2 aromatic carbocycles. The lowest BCUT2D eigenvalue weighted by atomic mass is 10.2. The van der Waals surface area contributed by atoms with Crippen LogP contribution in [0.2, 0.25) is 0 Å². The molecule has 0 spiro atoms. The Balaban J connectivity index is 1.79. The van der Waals surface area contributed by atoms with Crippen LogP contribution in [0.1, 0.15) is 53.8 Å². The third-order valence-corrected chi connectivity index (χ3v) is 4.26. The smallest absolute Gasteiger partial charge is 0.338 e. The van der Waals surface area contributed by atoms with E-state index in [1.807, 2.05) is 6.92 Å². The maximum absolute atomic E-state index is 12.1. The first-order chi connectivity index (χ1) is 14.5. The fourth-order valence-electron chi connectivity index (χ4n) is 2.58. The molecule has 0 unspecified atom stereocenters. The second-order valence-electron chi connectivity index (χ2n) is 6.80. The molecule has 0 aliphatic heterocycles. The number of carbonyl (C=O) groups is 3. The number of nitrogens with one attached hydrogen (secondary N) is 3. The second-order valence-corrected chi connectivity index (χ2v) is 6.80. The van der Waals surface area contributed by atoms with E-state index in [0.717, 1.165) is 24.9 Å². The molecule has 0 saturated carbocycles. The standard InChI is InChI=1S/C23H29N3O4/c1-3-5-14-24-22(28)17-6-12-20(13-7-17)26-21(27)16-25-19-10-8-18(9-11-19)23(29)30-15-4-2/h6-13,25H,3-5,14-16H2,1-2H3,(H,24,28)(H,26,27). The summed E-state index contributed by atoms with van der Waals surface area (Å²) in [5.41, 5.74) is 2.36. The Morgan fingerprint density at radius 3 is 2.10 bits per heavy atom. The zero-order chi connectivity index (χ0) is 21.8. The van der Waals surface area contributed by atoms with Gasteiger partial charge in [0.15, 0.2) is 0 Å². The van der Waals surface area contributed by atoms with Crippen molar-refractivity contribution in [3.63, 3.8) is 0 Å². The van der Waals surface area contributed by atoms with Crippen LogP contribution in [-0.2, 0) is 9.53 Å². The SMILES string of the molecule is CCCCNC(=O)c1ccc(NC(=O)CNc2ccc(C(=O)OCCC)cc2)cc1. The van der Waals surface area contributed by atoms with Crippen molar-refractivity contribution in [2.45, 2.75) is 33.1 Å². The number of hydrogen-bond donors (Lipinski definition) is 3. The van der Waals surface area contributed by atoms with Crippen molar-refractivity contribution in [3.8, 4) is 0 Å². The van der Waals surface area contributed by atoms with Gasteiger partial charge in [0.2, 0.25) is 5.91 Å². The van der Waals surface area contributed by atoms with Gasteiger partial charge in [0.05, 0.1) is 18.7 Å². The molecule has 0 radical (unpaired) electrons. The van der Waals surface area contributed by atoms with Crippen LogP contribution in [0.4, 0.5) is 11.4 Å². The van der Waals surface area contributed by atoms with Crippen molar-refractivity contribution in [1.82, 2.24) is 5.32 Å². The monoisotopic (exact) mass is 411 g/mol. The van der Waals surface area contributed by atoms with Gasteiger partial charge in [-0.05, 0) is 61.4 Å². The summed E-state index contributed by atoms with van der Waals surface area (Å²) < 4.78 is 5.08. The molecule has 7 heteroatoms. The topological polar surface area (TPSA) is 96.5 Å². The number of hydrogen-bond acceptors (Lipinski definition) is 5. The third kappa shape index (κ3) is 7.58. The number of carbonyl (C=O) groups excluding carboxylic acids is 3. The molecule has 0 saturated heterocycles. The molecule has 0 heterocycles. The fourth-order valence-corrected chi connectivity index (χ4v) is 2.58. The first-order valence-electron chi connectivity index (χ1n) is 10.2. The summed E-state index contributed by atoms with van der Waals surface area (Å²) in [5.74, 6) is -0.699. The Kier molecular flexibility index (Phi) is 9.37. The first-order valence-corrected chi connectivity index (χ1v) is 10.2. The van der Waals surface area contributed by atoms with E-state index < -0.39 is 0 Å². The molecule has 3 N–H and O–H groups in total. The molecule has 0 aliphatic rings. The lowest BCUT2D eigenvalue weighted by Crippen LogP contribution is -2.24. The van der Waals surface area contributed by atoms with Crippen molar-refractivity contribution in [1.29, 1.82) is 0 Å². The van der Waals surface area contributed by atoms with Crippen molar-refractivity contribution in [2.75, 3.05) is 30.3 Å². The Hall–Kier alpha value is -3.35. The molecule has 0 aliphatic carbocycles. The summed E-state index contributed by atoms with van der Waals surface area (Å²) in [6.07, 6.45) is 2.74. The van der Waals surface area contributed by atoms with Crippen LogP contribution in [0.3, 0.4) is 0 Å². The zero-order valence-corrected chi connectivity index (χ0v) is 17.5. The van der Waals surface area contributed by atoms with Gasteiger partial charge in [-0.2, -0.15) is 0 Å². The quantitative estimate of drug-likeness (QED) is 0.386. The van der Waals surface area contributed by atoms with Gasteiger partial charge in [0, 0.05) is 23.5 Å². The van der Waals surface area contributed by atoms with Gasteiger partial charge in [-0.3, -0.25) is 9.59 Å². The maximum Gasteiger partial charge on any atom is 0.338 e. The van der Waals surface area contributed by atoms with Crippen molar-refractivity contribution in [3.05, 3.63) is 59.7 Å². The van der Waals surface area contributed by atoms with Crippen LogP contribution < -0.4 is 16.0 Å². The second kappa shape index (κ2) is 12.3. The summed E-state index contributed by atoms with van der Waals surface area (Å²) >= 11 is 0. The predicted octanol–water partition coefficient (Wildman–Crippen LogP) is 3.83. The number of ether oxygens (including phenoxy) is 1. The minimum absolute atomic E-state index is 0.0683. The van der Waals surface area contributed by atoms with Gasteiger partial charge in [-0.1, -0.05) is 20.3 Å². The van der Waals surface area contributed by atoms with E-state index in [-0.39, 0.29) is 24.3 Å². The van der Waals surface area contributed by atoms with E-state index in [0.29, 0.717) is 30.0 Å². The van der Waals surface area contributed by atoms with Gasteiger partial charge >= 0.3 is 5.97 Å². The van der Waals surface area contributed by atoms with Gasteiger partial charge in [0.1, 0.15) is 0 Å². The van der Waals surface area contributed by atoms with Gasteiger partial charge < -0.3 is 20.7 Å². The highest BCUT2D eigenvalue weighted by atomic mass is 16.5. The number of rotatable bonds is 11. The minimum Gasteiger partial charge on any atom is -0.462 e. The number of benzene rings is 2. The maximum atomic E-state index is 12.1. The molecule has 0 fully saturated rings. The van der Waals surface area contributed by atoms with Crippen LogP contribution >= 0.6 is 0 Å². The van der Waals surface area contributed by atoms with Gasteiger partial charge in [0.25, 0.3) is 5.91 Å². The summed E-state index contributed by atoms with van der Waals surface area (Å²) in [6.45, 7) is 5.12. The lowest BCUT2D eigenvalue weighted by Gasteiger charge is -2.09. The number of unbranched alkanes of at least 4 members (excludes halogenated alkanes) is 1. The first kappa shape index (κ1) is 22.9. The highest BCUT2D eigenvalue weighted by Crippen LogP contribution is 2.12. The number of esters is 1. The molecular weight excluding hydrogens is 382 g/mol. The highest BCUT2D eigenvalue weighted by Gasteiger charge is 2.08. The van der Waals surface area contributed by atoms with Crippen molar-refractivity contribution < 1.29 is 19.1 Å². The lowest BCUT2D eigenvalue weighted by molar-refractivity contribution is -0.114. The summed E-state index contributed by atoms with van der Waals surface area (Å²) in [7, 11) is 0. The summed E-state index contributed by atoms with van der Waals surface area (Å²) in [4.78, 5) is 35.9. The molecule has 0 aromatic heterocycles. The predicted molar refractivity (Wildman–Crippen MR) is 118 cm³/mol. The zero-order valence-electron chi connectivity index (χ0n) is 17.5. The Morgan fingerprint density at radius 2 is 1.47 bits per heavy atom. The van der Waals surface area contributed by atoms with E-state index in [4.69, 9.17) is 4.74 Å². The van der Waals surface area contributed by atoms with E-state index in [2.05, 4.69) is 22.9 Å². The van der Waals surface area contributed by atoms with Crippen LogP contribution in [-0.4, -0.2) is 37.5 Å². The van der Waals surface area contributed by atoms with E-state index in [1.165, 1.54) is 0 Å². The van der Waals surface area contributed by atoms with Gasteiger partial charge in [-0.15, -0.1) is 0 Å². The van der Waals surface area contributed by atoms with Crippen LogP contribution in [0.25, 0.3) is 0 Å². The number of anilines is 2. The average Bonchev–Trinajstić information content (AvgIpc) is 2.77. The number of amides is 2. The van der Waals surface area contributed by atoms with Crippen LogP contribution in [0.5, 0.6) is 0 Å². The Labute approximate surface area is 177 Å². The minimum atomic E-state index is -0.358. The normalized spacial score (nSPS) is 10.2. The summed E-state index contributed by atoms with van der Waals surface area (Å²) in [6, 6.07) is 13.5. The van der Waals surface area contributed by atoms with Crippen molar-refractivity contribution >= 4 is 29.2 Å². The van der Waals surface area contributed by atoms with Gasteiger partial charge in [-0.25, -0.2) is 4.79 Å². The Morgan fingerprint density at radius 1 is 0.833 bits per heavy atom. The van der Waals surface area contributed by atoms with Crippen LogP contribution in [0, 0.1) is 0 Å².